The van der Waals surface area contributed by atoms with Gasteiger partial charge in [0.2, 0.25) is 0 Å². The molecule has 0 saturated heterocycles. The van der Waals surface area contributed by atoms with Gasteiger partial charge in [-0.25, -0.2) is 4.79 Å². The van der Waals surface area contributed by atoms with Crippen LogP contribution in [0.15, 0.2) is 60.8 Å². The van der Waals surface area contributed by atoms with Gasteiger partial charge in [-0.05, 0) is 36.1 Å². The molecule has 0 aliphatic carbocycles. The molecule has 0 saturated carbocycles. The lowest BCUT2D eigenvalue weighted by molar-refractivity contribution is 0.241. The van der Waals surface area contributed by atoms with Gasteiger partial charge in [-0.2, -0.15) is 0 Å². The second kappa shape index (κ2) is 8.03. The molecular weight excluding hydrogens is 272 g/mol. The zero-order valence-corrected chi connectivity index (χ0v) is 13.0. The van der Waals surface area contributed by atoms with E-state index in [0.717, 1.165) is 17.5 Å². The van der Waals surface area contributed by atoms with Crippen molar-refractivity contribution in [3.8, 4) is 0 Å². The minimum Gasteiger partial charge on any atom is -0.331 e. The van der Waals surface area contributed by atoms with E-state index in [1.807, 2.05) is 43.3 Å². The Morgan fingerprint density at radius 2 is 1.77 bits per heavy atom. The lowest BCUT2D eigenvalue weighted by Crippen LogP contribution is -2.34. The zero-order chi connectivity index (χ0) is 15.8. The maximum Gasteiger partial charge on any atom is 0.319 e. The Hall–Kier alpha value is -2.55. The molecule has 0 heterocycles. The van der Waals surface area contributed by atoms with Crippen molar-refractivity contribution >= 4 is 12.1 Å². The first-order valence-electron chi connectivity index (χ1n) is 7.56. The van der Waals surface area contributed by atoms with Crippen LogP contribution in [0.2, 0.25) is 0 Å². The average Bonchev–Trinajstić information content (AvgIpc) is 2.56. The number of aryl methyl sites for hydroxylation is 1. The molecule has 1 atom stereocenters. The SMILES string of the molecule is CCc1ccc(C(C)NC(=O)N/C=C/c2ccccc2)cc1. The van der Waals surface area contributed by atoms with Gasteiger partial charge in [0.05, 0.1) is 6.04 Å². The molecule has 2 rings (SSSR count). The van der Waals surface area contributed by atoms with Crippen LogP contribution in [-0.2, 0) is 6.42 Å². The number of nitrogens with one attached hydrogen (secondary N) is 2. The fourth-order valence-corrected chi connectivity index (χ4v) is 2.14. The number of urea groups is 1. The number of benzene rings is 2. The first-order chi connectivity index (χ1) is 10.7. The molecule has 0 aromatic heterocycles. The Balaban J connectivity index is 1.84. The van der Waals surface area contributed by atoms with E-state index in [4.69, 9.17) is 0 Å². The monoisotopic (exact) mass is 294 g/mol. The van der Waals surface area contributed by atoms with Gasteiger partial charge in [-0.3, -0.25) is 0 Å². The van der Waals surface area contributed by atoms with Crippen LogP contribution in [0.5, 0.6) is 0 Å². The number of hydrogen-bond donors (Lipinski definition) is 2. The summed E-state index contributed by atoms with van der Waals surface area (Å²) in [4.78, 5) is 11.9. The second-order valence-corrected chi connectivity index (χ2v) is 5.18. The lowest BCUT2D eigenvalue weighted by Gasteiger charge is -2.14. The highest BCUT2D eigenvalue weighted by molar-refractivity contribution is 5.76. The molecule has 2 aromatic rings. The minimum absolute atomic E-state index is 0.0315. The van der Waals surface area contributed by atoms with Crippen LogP contribution >= 0.6 is 0 Å². The van der Waals surface area contributed by atoms with Crippen molar-refractivity contribution in [2.24, 2.45) is 0 Å². The first-order valence-corrected chi connectivity index (χ1v) is 7.56. The quantitative estimate of drug-likeness (QED) is 0.849. The highest BCUT2D eigenvalue weighted by Gasteiger charge is 2.07. The van der Waals surface area contributed by atoms with E-state index in [-0.39, 0.29) is 12.1 Å². The highest BCUT2D eigenvalue weighted by atomic mass is 16.2. The largest absolute Gasteiger partial charge is 0.331 e. The molecule has 0 aliphatic heterocycles. The lowest BCUT2D eigenvalue weighted by atomic mass is 10.1. The van der Waals surface area contributed by atoms with Crippen LogP contribution in [0.25, 0.3) is 6.08 Å². The van der Waals surface area contributed by atoms with Crippen LogP contribution in [0.4, 0.5) is 4.79 Å². The molecule has 3 heteroatoms. The maximum atomic E-state index is 11.9. The van der Waals surface area contributed by atoms with Gasteiger partial charge in [-0.15, -0.1) is 0 Å². The van der Waals surface area contributed by atoms with E-state index >= 15 is 0 Å². The van der Waals surface area contributed by atoms with E-state index in [9.17, 15) is 4.79 Å². The van der Waals surface area contributed by atoms with Gasteiger partial charge in [0.25, 0.3) is 0 Å². The number of rotatable bonds is 5. The Bertz CT molecular complexity index is 618. The van der Waals surface area contributed by atoms with E-state index in [1.165, 1.54) is 5.56 Å². The highest BCUT2D eigenvalue weighted by Crippen LogP contribution is 2.13. The molecule has 22 heavy (non-hydrogen) atoms. The topological polar surface area (TPSA) is 41.1 Å². The van der Waals surface area contributed by atoms with Gasteiger partial charge in [-0.1, -0.05) is 61.5 Å². The summed E-state index contributed by atoms with van der Waals surface area (Å²) in [5, 5.41) is 5.64. The Morgan fingerprint density at radius 1 is 1.09 bits per heavy atom. The third-order valence-corrected chi connectivity index (χ3v) is 3.53. The smallest absolute Gasteiger partial charge is 0.319 e. The van der Waals surface area contributed by atoms with Crippen molar-refractivity contribution in [1.82, 2.24) is 10.6 Å². The molecule has 2 amide bonds. The maximum absolute atomic E-state index is 11.9. The molecule has 1 unspecified atom stereocenters. The molecule has 0 radical (unpaired) electrons. The van der Waals surface area contributed by atoms with E-state index in [2.05, 4.69) is 41.8 Å². The van der Waals surface area contributed by atoms with Crippen molar-refractivity contribution in [2.45, 2.75) is 26.3 Å². The van der Waals surface area contributed by atoms with Crippen LogP contribution in [-0.4, -0.2) is 6.03 Å². The minimum atomic E-state index is -0.209. The van der Waals surface area contributed by atoms with Crippen molar-refractivity contribution < 1.29 is 4.79 Å². The summed E-state index contributed by atoms with van der Waals surface area (Å²) in [7, 11) is 0. The summed E-state index contributed by atoms with van der Waals surface area (Å²) >= 11 is 0. The molecule has 0 aliphatic rings. The van der Waals surface area contributed by atoms with E-state index < -0.39 is 0 Å². The Labute approximate surface area is 132 Å². The Kier molecular flexibility index (Phi) is 5.78. The van der Waals surface area contributed by atoms with Crippen molar-refractivity contribution in [1.29, 1.82) is 0 Å². The second-order valence-electron chi connectivity index (χ2n) is 5.18. The fourth-order valence-electron chi connectivity index (χ4n) is 2.14. The van der Waals surface area contributed by atoms with Gasteiger partial charge >= 0.3 is 6.03 Å². The van der Waals surface area contributed by atoms with Gasteiger partial charge in [0.1, 0.15) is 0 Å². The van der Waals surface area contributed by atoms with Crippen LogP contribution in [0.1, 0.15) is 36.6 Å². The summed E-state index contributed by atoms with van der Waals surface area (Å²) in [5.41, 5.74) is 3.44. The summed E-state index contributed by atoms with van der Waals surface area (Å²) in [6.07, 6.45) is 4.53. The molecule has 0 bridgehead atoms. The van der Waals surface area contributed by atoms with Crippen LogP contribution in [0, 0.1) is 0 Å². The van der Waals surface area contributed by atoms with E-state index in [0.29, 0.717) is 0 Å². The number of amides is 2. The third-order valence-electron chi connectivity index (χ3n) is 3.53. The van der Waals surface area contributed by atoms with Gasteiger partial charge < -0.3 is 10.6 Å². The third kappa shape index (κ3) is 4.77. The fraction of sp³-hybridized carbons (Fsp3) is 0.211. The molecule has 2 N–H and O–H groups in total. The van der Waals surface area contributed by atoms with Crippen LogP contribution in [0.3, 0.4) is 0 Å². The molecule has 3 nitrogen and oxygen atoms in total. The number of carbonyl (C=O) groups excluding carboxylic acids is 1. The number of hydrogen-bond acceptors (Lipinski definition) is 1. The van der Waals surface area contributed by atoms with Crippen molar-refractivity contribution in [3.05, 3.63) is 77.5 Å². The summed E-state index contributed by atoms with van der Waals surface area (Å²) in [5.74, 6) is 0. The molecule has 0 fully saturated rings. The van der Waals surface area contributed by atoms with Gasteiger partial charge in [0.15, 0.2) is 0 Å². The predicted octanol–water partition coefficient (Wildman–Crippen LogP) is 4.28. The Morgan fingerprint density at radius 3 is 2.41 bits per heavy atom. The molecule has 0 spiro atoms. The van der Waals surface area contributed by atoms with Gasteiger partial charge in [0, 0.05) is 6.20 Å². The van der Waals surface area contributed by atoms with Crippen molar-refractivity contribution in [2.75, 3.05) is 0 Å². The summed E-state index contributed by atoms with van der Waals surface area (Å²) < 4.78 is 0. The normalized spacial score (nSPS) is 12.1. The average molecular weight is 294 g/mol. The first kappa shape index (κ1) is 15.8. The molecular formula is C19H22N2O. The molecule has 114 valence electrons. The number of carbonyl (C=O) groups is 1. The van der Waals surface area contributed by atoms with Crippen LogP contribution < -0.4 is 10.6 Å². The van der Waals surface area contributed by atoms with E-state index in [1.54, 1.807) is 6.20 Å². The summed E-state index contributed by atoms with van der Waals surface area (Å²) in [6, 6.07) is 17.9. The standard InChI is InChI=1S/C19H22N2O/c1-3-16-9-11-18(12-10-16)15(2)21-19(22)20-14-13-17-7-5-4-6-8-17/h4-15H,3H2,1-2H3,(H2,20,21,22)/b14-13+. The van der Waals surface area contributed by atoms with Crippen molar-refractivity contribution in [3.63, 3.8) is 0 Å². The zero-order valence-electron chi connectivity index (χ0n) is 13.0. The summed E-state index contributed by atoms with van der Waals surface area (Å²) in [6.45, 7) is 4.10. The molecule has 2 aromatic carbocycles. The predicted molar refractivity (Wildman–Crippen MR) is 91.4 cm³/mol.